The standard InChI is InChI=1S/C12H13NO5S/c1-3-18-12(17)8-6-7(2)19-11(8)13-9(14)4-5-10(15)16/h4-6H,3H2,1-2H3,(H,13,14)(H,15,16)/p-1. The number of carboxylic acids is 1. The van der Waals surface area contributed by atoms with Gasteiger partial charge >= 0.3 is 5.97 Å². The fraction of sp³-hybridized carbons (Fsp3) is 0.250. The summed E-state index contributed by atoms with van der Waals surface area (Å²) in [6.07, 6.45) is 1.43. The molecule has 0 fully saturated rings. The molecule has 0 aliphatic rings. The summed E-state index contributed by atoms with van der Waals surface area (Å²) in [5.74, 6) is -2.66. The highest BCUT2D eigenvalue weighted by atomic mass is 32.1. The lowest BCUT2D eigenvalue weighted by Gasteiger charge is -2.03. The van der Waals surface area contributed by atoms with E-state index in [0.717, 1.165) is 11.0 Å². The second kappa shape index (κ2) is 6.69. The Morgan fingerprint density at radius 3 is 2.68 bits per heavy atom. The van der Waals surface area contributed by atoms with Gasteiger partial charge in [0.15, 0.2) is 0 Å². The third-order valence-electron chi connectivity index (χ3n) is 1.96. The fourth-order valence-electron chi connectivity index (χ4n) is 1.26. The van der Waals surface area contributed by atoms with E-state index >= 15 is 0 Å². The lowest BCUT2D eigenvalue weighted by molar-refractivity contribution is -0.297. The van der Waals surface area contributed by atoms with Crippen LogP contribution in [0, 0.1) is 6.92 Å². The first kappa shape index (κ1) is 14.9. The zero-order chi connectivity index (χ0) is 14.4. The lowest BCUT2D eigenvalue weighted by atomic mass is 10.3. The molecule has 102 valence electrons. The van der Waals surface area contributed by atoms with Gasteiger partial charge in [-0.25, -0.2) is 4.79 Å². The van der Waals surface area contributed by atoms with E-state index in [1.54, 1.807) is 19.9 Å². The van der Waals surface area contributed by atoms with Gasteiger partial charge in [-0.1, -0.05) is 0 Å². The SMILES string of the molecule is CCOC(=O)c1cc(C)sc1NC(=O)C=CC(=O)[O-]. The van der Waals surface area contributed by atoms with Gasteiger partial charge in [-0.05, 0) is 26.0 Å². The van der Waals surface area contributed by atoms with E-state index < -0.39 is 17.8 Å². The number of carbonyl (C=O) groups excluding carboxylic acids is 3. The summed E-state index contributed by atoms with van der Waals surface area (Å²) >= 11 is 1.20. The minimum atomic E-state index is -1.47. The van der Waals surface area contributed by atoms with Crippen molar-refractivity contribution >= 4 is 34.2 Å². The van der Waals surface area contributed by atoms with E-state index in [1.807, 2.05) is 0 Å². The molecular weight excluding hydrogens is 270 g/mol. The van der Waals surface area contributed by atoms with Crippen LogP contribution in [0.3, 0.4) is 0 Å². The van der Waals surface area contributed by atoms with Crippen LogP contribution in [0.25, 0.3) is 0 Å². The van der Waals surface area contributed by atoms with Crippen molar-refractivity contribution in [2.45, 2.75) is 13.8 Å². The topological polar surface area (TPSA) is 95.5 Å². The Morgan fingerprint density at radius 2 is 2.11 bits per heavy atom. The highest BCUT2D eigenvalue weighted by Crippen LogP contribution is 2.28. The Hall–Kier alpha value is -2.15. The molecule has 0 radical (unpaired) electrons. The van der Waals surface area contributed by atoms with Crippen LogP contribution in [0.15, 0.2) is 18.2 Å². The highest BCUT2D eigenvalue weighted by molar-refractivity contribution is 7.16. The summed E-state index contributed by atoms with van der Waals surface area (Å²) in [5, 5.41) is 12.9. The van der Waals surface area contributed by atoms with Crippen LogP contribution < -0.4 is 10.4 Å². The number of thiophene rings is 1. The van der Waals surface area contributed by atoms with Crippen LogP contribution >= 0.6 is 11.3 Å². The minimum absolute atomic E-state index is 0.228. The summed E-state index contributed by atoms with van der Waals surface area (Å²) in [5.41, 5.74) is 0.250. The number of hydrogen-bond donors (Lipinski definition) is 1. The van der Waals surface area contributed by atoms with Crippen molar-refractivity contribution in [2.24, 2.45) is 0 Å². The third-order valence-corrected chi connectivity index (χ3v) is 2.92. The number of hydrogen-bond acceptors (Lipinski definition) is 6. The van der Waals surface area contributed by atoms with Crippen LogP contribution in [0.5, 0.6) is 0 Å². The Kier molecular flexibility index (Phi) is 5.25. The van der Waals surface area contributed by atoms with Crippen molar-refractivity contribution in [3.63, 3.8) is 0 Å². The van der Waals surface area contributed by atoms with Gasteiger partial charge in [0.25, 0.3) is 0 Å². The van der Waals surface area contributed by atoms with Gasteiger partial charge in [0.05, 0.1) is 18.1 Å². The Labute approximate surface area is 113 Å². The number of amides is 1. The average molecular weight is 282 g/mol. The molecule has 0 spiro atoms. The molecular formula is C12H12NO5S-. The Morgan fingerprint density at radius 1 is 1.42 bits per heavy atom. The maximum atomic E-state index is 11.6. The Balaban J connectivity index is 2.86. The van der Waals surface area contributed by atoms with Crippen LogP contribution in [0.4, 0.5) is 5.00 Å². The van der Waals surface area contributed by atoms with E-state index in [1.165, 1.54) is 11.3 Å². The van der Waals surface area contributed by atoms with Crippen molar-refractivity contribution in [3.05, 3.63) is 28.7 Å². The Bertz CT molecular complexity index is 532. The molecule has 1 heterocycles. The number of carbonyl (C=O) groups is 3. The van der Waals surface area contributed by atoms with E-state index in [2.05, 4.69) is 5.32 Å². The molecule has 1 N–H and O–H groups in total. The normalized spacial score (nSPS) is 10.4. The fourth-order valence-corrected chi connectivity index (χ4v) is 2.17. The van der Waals surface area contributed by atoms with Crippen molar-refractivity contribution in [3.8, 4) is 0 Å². The van der Waals surface area contributed by atoms with Gasteiger partial charge in [0.1, 0.15) is 5.00 Å². The van der Waals surface area contributed by atoms with Crippen LogP contribution in [0.2, 0.25) is 0 Å². The number of anilines is 1. The number of rotatable bonds is 5. The molecule has 1 aromatic rings. The first-order chi connectivity index (χ1) is 8.93. The second-order valence-corrected chi connectivity index (χ2v) is 4.72. The van der Waals surface area contributed by atoms with Gasteiger partial charge in [-0.2, -0.15) is 0 Å². The third kappa shape index (κ3) is 4.55. The largest absolute Gasteiger partial charge is 0.545 e. The molecule has 0 saturated carbocycles. The lowest BCUT2D eigenvalue weighted by Crippen LogP contribution is -2.20. The molecule has 6 nitrogen and oxygen atoms in total. The molecule has 0 aromatic carbocycles. The van der Waals surface area contributed by atoms with Gasteiger partial charge in [0.2, 0.25) is 5.91 Å². The average Bonchev–Trinajstić information content (AvgIpc) is 2.68. The molecule has 0 unspecified atom stereocenters. The molecule has 0 saturated heterocycles. The number of carboxylic acid groups (broad SMARTS) is 1. The van der Waals surface area contributed by atoms with Crippen LogP contribution in [0.1, 0.15) is 22.2 Å². The van der Waals surface area contributed by atoms with Crippen LogP contribution in [-0.2, 0) is 14.3 Å². The molecule has 19 heavy (non-hydrogen) atoms. The minimum Gasteiger partial charge on any atom is -0.545 e. The van der Waals surface area contributed by atoms with Crippen LogP contribution in [-0.4, -0.2) is 24.5 Å². The van der Waals surface area contributed by atoms with E-state index in [-0.39, 0.29) is 12.2 Å². The highest BCUT2D eigenvalue weighted by Gasteiger charge is 2.16. The predicted octanol–water partition coefficient (Wildman–Crippen LogP) is 0.478. The van der Waals surface area contributed by atoms with Crippen molar-refractivity contribution in [2.75, 3.05) is 11.9 Å². The van der Waals surface area contributed by atoms with E-state index in [0.29, 0.717) is 11.1 Å². The first-order valence-electron chi connectivity index (χ1n) is 5.41. The zero-order valence-corrected chi connectivity index (χ0v) is 11.2. The van der Waals surface area contributed by atoms with E-state index in [4.69, 9.17) is 4.74 Å². The van der Waals surface area contributed by atoms with Gasteiger partial charge in [-0.3, -0.25) is 4.79 Å². The summed E-state index contributed by atoms with van der Waals surface area (Å²) < 4.78 is 4.86. The number of aliphatic carboxylic acids is 1. The summed E-state index contributed by atoms with van der Waals surface area (Å²) in [6, 6.07) is 1.60. The number of ether oxygens (including phenoxy) is 1. The molecule has 0 bridgehead atoms. The maximum Gasteiger partial charge on any atom is 0.341 e. The zero-order valence-electron chi connectivity index (χ0n) is 10.4. The summed E-state index contributed by atoms with van der Waals surface area (Å²) in [7, 11) is 0. The number of aryl methyl sites for hydroxylation is 1. The van der Waals surface area contributed by atoms with Crippen molar-refractivity contribution in [1.82, 2.24) is 0 Å². The predicted molar refractivity (Wildman–Crippen MR) is 67.8 cm³/mol. The summed E-state index contributed by atoms with van der Waals surface area (Å²) in [6.45, 7) is 3.68. The summed E-state index contributed by atoms with van der Waals surface area (Å²) in [4.78, 5) is 34.1. The monoisotopic (exact) mass is 282 g/mol. The van der Waals surface area contributed by atoms with E-state index in [9.17, 15) is 19.5 Å². The smallest absolute Gasteiger partial charge is 0.341 e. The van der Waals surface area contributed by atoms with Gasteiger partial charge < -0.3 is 20.0 Å². The molecule has 0 aliphatic carbocycles. The molecule has 7 heteroatoms. The molecule has 0 aliphatic heterocycles. The van der Waals surface area contributed by atoms with Gasteiger partial charge in [-0.15, -0.1) is 11.3 Å². The number of esters is 1. The molecule has 1 rings (SSSR count). The second-order valence-electron chi connectivity index (χ2n) is 3.46. The first-order valence-corrected chi connectivity index (χ1v) is 6.23. The quantitative estimate of drug-likeness (QED) is 0.626. The van der Waals surface area contributed by atoms with Crippen molar-refractivity contribution in [1.29, 1.82) is 0 Å². The van der Waals surface area contributed by atoms with Gasteiger partial charge in [0, 0.05) is 11.0 Å². The molecule has 1 aromatic heterocycles. The molecule has 1 amide bonds. The number of nitrogens with one attached hydrogen (secondary N) is 1. The maximum absolute atomic E-state index is 11.6. The van der Waals surface area contributed by atoms with Crippen molar-refractivity contribution < 1.29 is 24.2 Å². The molecule has 0 atom stereocenters.